The predicted molar refractivity (Wildman–Crippen MR) is 85.3 cm³/mol. The third kappa shape index (κ3) is 3.67. The van der Waals surface area contributed by atoms with E-state index in [1.807, 2.05) is 0 Å². The molecule has 1 aromatic rings. The molecule has 2 aliphatic rings. The van der Waals surface area contributed by atoms with Crippen LogP contribution in [0.2, 0.25) is 0 Å². The molecule has 1 fully saturated rings. The highest BCUT2D eigenvalue weighted by Crippen LogP contribution is 2.27. The van der Waals surface area contributed by atoms with Crippen molar-refractivity contribution in [1.29, 1.82) is 0 Å². The van der Waals surface area contributed by atoms with Crippen LogP contribution in [0.3, 0.4) is 0 Å². The van der Waals surface area contributed by atoms with E-state index in [0.717, 1.165) is 0 Å². The maximum absolute atomic E-state index is 13.8. The average molecular weight is 349 g/mol. The van der Waals surface area contributed by atoms with Gasteiger partial charge in [-0.25, -0.2) is 13.6 Å². The van der Waals surface area contributed by atoms with Gasteiger partial charge in [0.25, 0.3) is 0 Å². The number of imide groups is 1. The molecule has 2 aliphatic heterocycles. The molecule has 3 rings (SSSR count). The van der Waals surface area contributed by atoms with Crippen molar-refractivity contribution in [2.75, 3.05) is 26.2 Å². The molecule has 25 heavy (non-hydrogen) atoms. The van der Waals surface area contributed by atoms with Gasteiger partial charge in [-0.1, -0.05) is 12.1 Å². The van der Waals surface area contributed by atoms with E-state index in [1.54, 1.807) is 6.08 Å². The Labute approximate surface area is 143 Å². The molecule has 1 N–H and O–H groups in total. The average Bonchev–Trinajstić information content (AvgIpc) is 2.58. The van der Waals surface area contributed by atoms with E-state index in [2.05, 4.69) is 5.32 Å². The van der Waals surface area contributed by atoms with Crippen LogP contribution in [-0.4, -0.2) is 53.8 Å². The van der Waals surface area contributed by atoms with E-state index >= 15 is 0 Å². The molecule has 0 aliphatic carbocycles. The maximum Gasteiger partial charge on any atom is 0.324 e. The molecule has 0 bridgehead atoms. The largest absolute Gasteiger partial charge is 0.337 e. The number of carbonyl (C=O) groups is 3. The minimum atomic E-state index is -0.624. The Morgan fingerprint density at radius 2 is 1.84 bits per heavy atom. The number of rotatable bonds is 3. The van der Waals surface area contributed by atoms with Crippen molar-refractivity contribution >= 4 is 23.4 Å². The Hall–Kier alpha value is -2.77. The molecule has 0 aromatic heterocycles. The molecule has 0 radical (unpaired) electrons. The minimum absolute atomic E-state index is 0.0523. The Morgan fingerprint density at radius 3 is 2.44 bits per heavy atom. The van der Waals surface area contributed by atoms with Crippen molar-refractivity contribution < 1.29 is 23.2 Å². The fourth-order valence-electron chi connectivity index (χ4n) is 2.94. The summed E-state index contributed by atoms with van der Waals surface area (Å²) in [5, 5.41) is 2.16. The fraction of sp³-hybridized carbons (Fsp3) is 0.353. The van der Waals surface area contributed by atoms with Crippen LogP contribution in [0, 0.1) is 11.6 Å². The molecule has 0 spiro atoms. The summed E-state index contributed by atoms with van der Waals surface area (Å²) < 4.78 is 27.7. The smallest absolute Gasteiger partial charge is 0.324 e. The summed E-state index contributed by atoms with van der Waals surface area (Å²) >= 11 is 0. The second-order valence-electron chi connectivity index (χ2n) is 5.94. The molecular weight excluding hydrogens is 332 g/mol. The summed E-state index contributed by atoms with van der Waals surface area (Å²) in [6.07, 6.45) is 2.12. The maximum atomic E-state index is 13.8. The molecule has 4 amide bonds. The van der Waals surface area contributed by atoms with Crippen LogP contribution in [0.5, 0.6) is 0 Å². The molecule has 132 valence electrons. The highest BCUT2D eigenvalue weighted by atomic mass is 19.1. The van der Waals surface area contributed by atoms with Gasteiger partial charge in [-0.05, 0) is 24.1 Å². The van der Waals surface area contributed by atoms with Gasteiger partial charge in [0.2, 0.25) is 11.8 Å². The first-order valence-electron chi connectivity index (χ1n) is 7.95. The van der Waals surface area contributed by atoms with Crippen molar-refractivity contribution in [2.45, 2.75) is 12.8 Å². The van der Waals surface area contributed by atoms with Gasteiger partial charge in [0.1, 0.15) is 18.2 Å². The van der Waals surface area contributed by atoms with E-state index in [4.69, 9.17) is 0 Å². The standard InChI is InChI=1S/C17H17F2N3O3/c18-12-2-1-3-13(19)16(12)11-4-7-21(8-5-11)15(24)10-22-9-6-14(23)20-17(22)25/h1-4H,5-10H2,(H,20,23,25). The van der Waals surface area contributed by atoms with Crippen LogP contribution in [0.4, 0.5) is 13.6 Å². The third-order valence-corrected chi connectivity index (χ3v) is 4.31. The third-order valence-electron chi connectivity index (χ3n) is 4.31. The van der Waals surface area contributed by atoms with Crippen molar-refractivity contribution in [3.63, 3.8) is 0 Å². The van der Waals surface area contributed by atoms with E-state index in [-0.39, 0.29) is 43.4 Å². The summed E-state index contributed by atoms with van der Waals surface area (Å²) in [6.45, 7) is 0.602. The monoisotopic (exact) mass is 349 g/mol. The van der Waals surface area contributed by atoms with E-state index < -0.39 is 17.7 Å². The molecule has 0 atom stereocenters. The topological polar surface area (TPSA) is 69.7 Å². The molecule has 0 unspecified atom stereocenters. The van der Waals surface area contributed by atoms with Gasteiger partial charge in [0.05, 0.1) is 0 Å². The number of halogens is 2. The van der Waals surface area contributed by atoms with Gasteiger partial charge in [-0.15, -0.1) is 0 Å². The number of hydrogen-bond acceptors (Lipinski definition) is 3. The molecule has 0 saturated carbocycles. The number of urea groups is 1. The second-order valence-corrected chi connectivity index (χ2v) is 5.94. The Kier molecular flexibility index (Phi) is 4.78. The number of nitrogens with zero attached hydrogens (tertiary/aromatic N) is 2. The Morgan fingerprint density at radius 1 is 1.12 bits per heavy atom. The van der Waals surface area contributed by atoms with Gasteiger partial charge in [0.15, 0.2) is 0 Å². The number of nitrogens with one attached hydrogen (secondary N) is 1. The summed E-state index contributed by atoms with van der Waals surface area (Å²) in [7, 11) is 0. The molecule has 1 aromatic carbocycles. The lowest BCUT2D eigenvalue weighted by molar-refractivity contribution is -0.132. The first-order valence-corrected chi connectivity index (χ1v) is 7.95. The van der Waals surface area contributed by atoms with Crippen LogP contribution >= 0.6 is 0 Å². The van der Waals surface area contributed by atoms with Crippen molar-refractivity contribution in [2.24, 2.45) is 0 Å². The summed E-state index contributed by atoms with van der Waals surface area (Å²) in [4.78, 5) is 37.9. The lowest BCUT2D eigenvalue weighted by Crippen LogP contribution is -2.53. The van der Waals surface area contributed by atoms with Crippen LogP contribution in [0.15, 0.2) is 24.3 Å². The van der Waals surface area contributed by atoms with Gasteiger partial charge < -0.3 is 9.80 Å². The van der Waals surface area contributed by atoms with Gasteiger partial charge in [0, 0.05) is 31.6 Å². The van der Waals surface area contributed by atoms with Crippen LogP contribution in [-0.2, 0) is 9.59 Å². The van der Waals surface area contributed by atoms with E-state index in [1.165, 1.54) is 28.0 Å². The van der Waals surface area contributed by atoms with Crippen molar-refractivity contribution in [3.8, 4) is 0 Å². The Balaban J connectivity index is 1.63. The summed E-state index contributed by atoms with van der Waals surface area (Å²) in [5.41, 5.74) is 0.476. The van der Waals surface area contributed by atoms with E-state index in [9.17, 15) is 23.2 Å². The Bertz CT molecular complexity index is 743. The zero-order valence-electron chi connectivity index (χ0n) is 13.4. The fourth-order valence-corrected chi connectivity index (χ4v) is 2.94. The first-order chi connectivity index (χ1) is 12.0. The molecular formula is C17H17F2N3O3. The zero-order chi connectivity index (χ0) is 18.0. The minimum Gasteiger partial charge on any atom is -0.337 e. The quantitative estimate of drug-likeness (QED) is 0.900. The second kappa shape index (κ2) is 7.00. The van der Waals surface area contributed by atoms with Gasteiger partial charge in [-0.2, -0.15) is 0 Å². The number of carbonyl (C=O) groups excluding carboxylic acids is 3. The lowest BCUT2D eigenvalue weighted by Gasteiger charge is -2.31. The van der Waals surface area contributed by atoms with Crippen LogP contribution < -0.4 is 5.32 Å². The highest BCUT2D eigenvalue weighted by Gasteiger charge is 2.27. The van der Waals surface area contributed by atoms with Gasteiger partial charge >= 0.3 is 6.03 Å². The van der Waals surface area contributed by atoms with Gasteiger partial charge in [-0.3, -0.25) is 14.9 Å². The summed E-state index contributed by atoms with van der Waals surface area (Å²) in [6, 6.07) is 3.13. The lowest BCUT2D eigenvalue weighted by atomic mass is 9.98. The number of amides is 4. The SMILES string of the molecule is O=C1CCN(CC(=O)N2CC=C(c3c(F)cccc3F)CC2)C(=O)N1. The highest BCUT2D eigenvalue weighted by molar-refractivity contribution is 5.98. The van der Waals surface area contributed by atoms with Crippen molar-refractivity contribution in [1.82, 2.24) is 15.1 Å². The molecule has 1 saturated heterocycles. The summed E-state index contributed by atoms with van der Waals surface area (Å²) in [5.74, 6) is -1.87. The predicted octanol–water partition coefficient (Wildman–Crippen LogP) is 1.52. The number of hydrogen-bond donors (Lipinski definition) is 1. The van der Waals surface area contributed by atoms with E-state index in [0.29, 0.717) is 18.5 Å². The van der Waals surface area contributed by atoms with Crippen LogP contribution in [0.1, 0.15) is 18.4 Å². The molecule has 6 nitrogen and oxygen atoms in total. The molecule has 8 heteroatoms. The molecule has 2 heterocycles. The first kappa shape index (κ1) is 17.1. The number of benzene rings is 1. The normalized spacial score (nSPS) is 18.1. The zero-order valence-corrected chi connectivity index (χ0v) is 13.4. The van der Waals surface area contributed by atoms with Crippen LogP contribution in [0.25, 0.3) is 5.57 Å². The van der Waals surface area contributed by atoms with Crippen molar-refractivity contribution in [3.05, 3.63) is 41.5 Å².